The first-order chi connectivity index (χ1) is 7.24. The van der Waals surface area contributed by atoms with Crippen molar-refractivity contribution in [3.8, 4) is 0 Å². The Kier molecular flexibility index (Phi) is 3.64. The Bertz CT molecular complexity index is 307. The van der Waals surface area contributed by atoms with Gasteiger partial charge >= 0.3 is 0 Å². The lowest BCUT2D eigenvalue weighted by Crippen LogP contribution is -2.18. The van der Waals surface area contributed by atoms with Crippen LogP contribution in [0.5, 0.6) is 0 Å². The number of rotatable bonds is 4. The van der Waals surface area contributed by atoms with Crippen LogP contribution < -0.4 is 5.73 Å². The Morgan fingerprint density at radius 1 is 1.67 bits per heavy atom. The molecule has 4 nitrogen and oxygen atoms in total. The summed E-state index contributed by atoms with van der Waals surface area (Å²) in [7, 11) is 0. The monoisotopic (exact) mass is 227 g/mol. The van der Waals surface area contributed by atoms with Crippen LogP contribution in [0.15, 0.2) is 4.52 Å². The van der Waals surface area contributed by atoms with Crippen LogP contribution in [0.25, 0.3) is 0 Å². The molecular weight excluding hydrogens is 210 g/mol. The minimum atomic E-state index is 0.0938. The number of thioether (sulfide) groups is 1. The highest BCUT2D eigenvalue weighted by Gasteiger charge is 2.19. The van der Waals surface area contributed by atoms with Crippen molar-refractivity contribution in [2.24, 2.45) is 5.73 Å². The summed E-state index contributed by atoms with van der Waals surface area (Å²) in [6.45, 7) is 1.95. The predicted octanol–water partition coefficient (Wildman–Crippen LogP) is 1.40. The van der Waals surface area contributed by atoms with Crippen molar-refractivity contribution in [2.75, 3.05) is 5.75 Å². The highest BCUT2D eigenvalue weighted by molar-refractivity contribution is 8.00. The van der Waals surface area contributed by atoms with E-state index >= 15 is 0 Å². The van der Waals surface area contributed by atoms with Gasteiger partial charge in [-0.15, -0.1) is 0 Å². The molecule has 2 rings (SSSR count). The first-order valence-electron chi connectivity index (χ1n) is 5.42. The Hall–Kier alpha value is -0.550. The summed E-state index contributed by atoms with van der Waals surface area (Å²) in [4.78, 5) is 4.34. The maximum absolute atomic E-state index is 5.67. The Morgan fingerprint density at radius 3 is 3.20 bits per heavy atom. The van der Waals surface area contributed by atoms with Crippen LogP contribution >= 0.6 is 11.8 Å². The molecule has 1 aromatic heterocycles. The standard InChI is InChI=1S/C10H17N3OS/c1-7(11)5-9-12-10(14-13-9)6-8-3-2-4-15-8/h7-8H,2-6,11H2,1H3. The first kappa shape index (κ1) is 11.0. The highest BCUT2D eigenvalue weighted by atomic mass is 32.2. The van der Waals surface area contributed by atoms with Crippen molar-refractivity contribution >= 4 is 11.8 Å². The van der Waals surface area contributed by atoms with Crippen molar-refractivity contribution < 1.29 is 4.52 Å². The van der Waals surface area contributed by atoms with Crippen LogP contribution in [0.4, 0.5) is 0 Å². The molecule has 0 aromatic carbocycles. The van der Waals surface area contributed by atoms with Gasteiger partial charge < -0.3 is 10.3 Å². The molecule has 0 amide bonds. The van der Waals surface area contributed by atoms with E-state index in [-0.39, 0.29) is 6.04 Å². The molecule has 15 heavy (non-hydrogen) atoms. The molecule has 0 spiro atoms. The Balaban J connectivity index is 1.88. The van der Waals surface area contributed by atoms with Gasteiger partial charge in [-0.25, -0.2) is 0 Å². The van der Waals surface area contributed by atoms with Gasteiger partial charge in [0.2, 0.25) is 5.89 Å². The van der Waals surface area contributed by atoms with Gasteiger partial charge in [-0.05, 0) is 25.5 Å². The first-order valence-corrected chi connectivity index (χ1v) is 6.47. The van der Waals surface area contributed by atoms with Crippen LogP contribution in [-0.2, 0) is 12.8 Å². The summed E-state index contributed by atoms with van der Waals surface area (Å²) < 4.78 is 5.20. The van der Waals surface area contributed by atoms with Gasteiger partial charge in [-0.2, -0.15) is 16.7 Å². The van der Waals surface area contributed by atoms with Crippen LogP contribution in [0, 0.1) is 0 Å². The number of hydrogen-bond acceptors (Lipinski definition) is 5. The average molecular weight is 227 g/mol. The highest BCUT2D eigenvalue weighted by Crippen LogP contribution is 2.28. The smallest absolute Gasteiger partial charge is 0.227 e. The number of hydrogen-bond donors (Lipinski definition) is 1. The minimum absolute atomic E-state index is 0.0938. The van der Waals surface area contributed by atoms with Gasteiger partial charge in [0.25, 0.3) is 0 Å². The molecule has 0 bridgehead atoms. The zero-order valence-electron chi connectivity index (χ0n) is 8.98. The van der Waals surface area contributed by atoms with E-state index in [9.17, 15) is 0 Å². The lowest BCUT2D eigenvalue weighted by Gasteiger charge is -2.02. The minimum Gasteiger partial charge on any atom is -0.339 e. The van der Waals surface area contributed by atoms with Crippen molar-refractivity contribution in [3.63, 3.8) is 0 Å². The summed E-state index contributed by atoms with van der Waals surface area (Å²) in [5.41, 5.74) is 5.67. The lowest BCUT2D eigenvalue weighted by atomic mass is 10.2. The SMILES string of the molecule is CC(N)Cc1noc(CC2CCCS2)n1. The zero-order chi connectivity index (χ0) is 10.7. The summed E-state index contributed by atoms with van der Waals surface area (Å²) in [6.07, 6.45) is 4.20. The lowest BCUT2D eigenvalue weighted by molar-refractivity contribution is 0.370. The fourth-order valence-corrected chi connectivity index (χ4v) is 3.00. The van der Waals surface area contributed by atoms with Crippen LogP contribution in [0.3, 0.4) is 0 Å². The fraction of sp³-hybridized carbons (Fsp3) is 0.800. The summed E-state index contributed by atoms with van der Waals surface area (Å²) in [5.74, 6) is 2.78. The number of nitrogens with two attached hydrogens (primary N) is 1. The third kappa shape index (κ3) is 3.21. The summed E-state index contributed by atoms with van der Waals surface area (Å²) in [6, 6.07) is 0.0938. The van der Waals surface area contributed by atoms with E-state index in [2.05, 4.69) is 10.1 Å². The second-order valence-electron chi connectivity index (χ2n) is 4.12. The van der Waals surface area contributed by atoms with E-state index in [4.69, 9.17) is 10.3 Å². The Morgan fingerprint density at radius 2 is 2.53 bits per heavy atom. The molecule has 0 aliphatic carbocycles. The van der Waals surface area contributed by atoms with Gasteiger partial charge in [0.15, 0.2) is 5.82 Å². The molecule has 5 heteroatoms. The second kappa shape index (κ2) is 4.99. The molecule has 1 aromatic rings. The average Bonchev–Trinajstić information content (AvgIpc) is 2.77. The van der Waals surface area contributed by atoms with E-state index in [1.165, 1.54) is 18.6 Å². The summed E-state index contributed by atoms with van der Waals surface area (Å²) in [5, 5.41) is 4.60. The molecule has 0 radical (unpaired) electrons. The Labute approximate surface area is 94.0 Å². The zero-order valence-corrected chi connectivity index (χ0v) is 9.80. The van der Waals surface area contributed by atoms with E-state index in [1.807, 2.05) is 18.7 Å². The van der Waals surface area contributed by atoms with Gasteiger partial charge in [0.1, 0.15) is 0 Å². The van der Waals surface area contributed by atoms with E-state index < -0.39 is 0 Å². The second-order valence-corrected chi connectivity index (χ2v) is 5.53. The normalized spacial score (nSPS) is 23.2. The van der Waals surface area contributed by atoms with Gasteiger partial charge in [-0.1, -0.05) is 5.16 Å². The third-order valence-electron chi connectivity index (χ3n) is 2.44. The molecule has 1 aliphatic rings. The fourth-order valence-electron chi connectivity index (χ4n) is 1.74. The molecule has 2 N–H and O–H groups in total. The van der Waals surface area contributed by atoms with Gasteiger partial charge in [-0.3, -0.25) is 0 Å². The van der Waals surface area contributed by atoms with Crippen LogP contribution in [0.1, 0.15) is 31.5 Å². The van der Waals surface area contributed by atoms with Crippen molar-refractivity contribution in [2.45, 2.75) is 43.9 Å². The van der Waals surface area contributed by atoms with Crippen LogP contribution in [0.2, 0.25) is 0 Å². The van der Waals surface area contributed by atoms with Gasteiger partial charge in [0, 0.05) is 24.1 Å². The number of nitrogens with zero attached hydrogens (tertiary/aromatic N) is 2. The quantitative estimate of drug-likeness (QED) is 0.842. The molecule has 0 saturated carbocycles. The number of aromatic nitrogens is 2. The van der Waals surface area contributed by atoms with Crippen molar-refractivity contribution in [1.29, 1.82) is 0 Å². The molecule has 2 atom stereocenters. The maximum Gasteiger partial charge on any atom is 0.227 e. The molecule has 2 heterocycles. The predicted molar refractivity (Wildman–Crippen MR) is 60.8 cm³/mol. The third-order valence-corrected chi connectivity index (χ3v) is 3.84. The molecule has 1 saturated heterocycles. The van der Waals surface area contributed by atoms with E-state index in [1.54, 1.807) is 0 Å². The van der Waals surface area contributed by atoms with E-state index in [0.29, 0.717) is 11.7 Å². The molecule has 1 aliphatic heterocycles. The van der Waals surface area contributed by atoms with E-state index in [0.717, 1.165) is 18.1 Å². The molecule has 84 valence electrons. The maximum atomic E-state index is 5.67. The van der Waals surface area contributed by atoms with Crippen molar-refractivity contribution in [3.05, 3.63) is 11.7 Å². The van der Waals surface area contributed by atoms with Crippen molar-refractivity contribution in [1.82, 2.24) is 10.1 Å². The van der Waals surface area contributed by atoms with Crippen LogP contribution in [-0.4, -0.2) is 27.2 Å². The largest absolute Gasteiger partial charge is 0.339 e. The topological polar surface area (TPSA) is 64.9 Å². The summed E-state index contributed by atoms with van der Waals surface area (Å²) >= 11 is 2.01. The molecular formula is C10H17N3OS. The van der Waals surface area contributed by atoms with Gasteiger partial charge in [0.05, 0.1) is 0 Å². The molecule has 2 unspecified atom stereocenters. The molecule has 1 fully saturated rings.